The summed E-state index contributed by atoms with van der Waals surface area (Å²) < 4.78 is 24.9. The number of nitrogens with zero attached hydrogens (tertiary/aromatic N) is 1. The molecule has 5 heteroatoms. The zero-order valence-corrected chi connectivity index (χ0v) is 11.6. The number of sulfonamides is 1. The quantitative estimate of drug-likeness (QED) is 0.863. The largest absolute Gasteiger partial charge is 0.319 e. The molecular weight excluding hydrogens is 236 g/mol. The van der Waals surface area contributed by atoms with E-state index in [0.29, 0.717) is 10.8 Å². The fourth-order valence-electron chi connectivity index (χ4n) is 1.60. The Bertz CT molecular complexity index is 452. The van der Waals surface area contributed by atoms with Crippen molar-refractivity contribution in [2.75, 3.05) is 27.7 Å². The van der Waals surface area contributed by atoms with E-state index in [0.717, 1.165) is 12.1 Å². The van der Waals surface area contributed by atoms with Crippen LogP contribution in [0.4, 0.5) is 0 Å². The minimum absolute atomic E-state index is 0.336. The van der Waals surface area contributed by atoms with Crippen LogP contribution in [0.3, 0.4) is 0 Å². The molecule has 1 aromatic rings. The lowest BCUT2D eigenvalue weighted by Gasteiger charge is -2.14. The van der Waals surface area contributed by atoms with Crippen molar-refractivity contribution in [1.82, 2.24) is 9.62 Å². The van der Waals surface area contributed by atoms with Gasteiger partial charge < -0.3 is 5.32 Å². The average molecular weight is 256 g/mol. The van der Waals surface area contributed by atoms with Gasteiger partial charge in [0.1, 0.15) is 0 Å². The maximum atomic E-state index is 11.9. The van der Waals surface area contributed by atoms with Crippen LogP contribution in [0.1, 0.15) is 18.4 Å². The van der Waals surface area contributed by atoms with Crippen LogP contribution < -0.4 is 5.32 Å². The van der Waals surface area contributed by atoms with Crippen molar-refractivity contribution < 1.29 is 8.42 Å². The van der Waals surface area contributed by atoms with Gasteiger partial charge in [-0.1, -0.05) is 19.1 Å². The summed E-state index contributed by atoms with van der Waals surface area (Å²) >= 11 is 0. The lowest BCUT2D eigenvalue weighted by atomic mass is 10.0. The molecule has 0 aliphatic carbocycles. The van der Waals surface area contributed by atoms with E-state index < -0.39 is 10.0 Å². The van der Waals surface area contributed by atoms with Crippen molar-refractivity contribution in [1.29, 1.82) is 0 Å². The van der Waals surface area contributed by atoms with Crippen molar-refractivity contribution >= 4 is 10.0 Å². The number of nitrogens with one attached hydrogen (secondary N) is 1. The van der Waals surface area contributed by atoms with E-state index in [4.69, 9.17) is 0 Å². The topological polar surface area (TPSA) is 49.4 Å². The van der Waals surface area contributed by atoms with Gasteiger partial charge in [-0.2, -0.15) is 0 Å². The summed E-state index contributed by atoms with van der Waals surface area (Å²) in [5.74, 6) is 0.371. The molecule has 4 nitrogen and oxygen atoms in total. The van der Waals surface area contributed by atoms with Gasteiger partial charge in [0.15, 0.2) is 0 Å². The molecule has 0 spiro atoms. The zero-order valence-electron chi connectivity index (χ0n) is 10.8. The Morgan fingerprint density at radius 1 is 1.24 bits per heavy atom. The predicted molar refractivity (Wildman–Crippen MR) is 69.7 cm³/mol. The fraction of sp³-hybridized carbons (Fsp3) is 0.500. The second-order valence-corrected chi connectivity index (χ2v) is 6.47. The van der Waals surface area contributed by atoms with Gasteiger partial charge in [-0.15, -0.1) is 0 Å². The van der Waals surface area contributed by atoms with Gasteiger partial charge in [-0.3, -0.25) is 0 Å². The molecule has 1 aromatic carbocycles. The lowest BCUT2D eigenvalue weighted by molar-refractivity contribution is 0.520. The molecule has 0 aliphatic heterocycles. The highest BCUT2D eigenvalue weighted by molar-refractivity contribution is 7.89. The van der Waals surface area contributed by atoms with Crippen molar-refractivity contribution in [3.8, 4) is 0 Å². The maximum absolute atomic E-state index is 11.9. The van der Waals surface area contributed by atoms with Gasteiger partial charge in [0.25, 0.3) is 0 Å². The van der Waals surface area contributed by atoms with Crippen LogP contribution in [-0.4, -0.2) is 40.4 Å². The average Bonchev–Trinajstić information content (AvgIpc) is 2.29. The van der Waals surface area contributed by atoms with Crippen LogP contribution in [0.25, 0.3) is 0 Å². The minimum Gasteiger partial charge on any atom is -0.319 e. The summed E-state index contributed by atoms with van der Waals surface area (Å²) in [6.45, 7) is 2.98. The van der Waals surface area contributed by atoms with E-state index in [9.17, 15) is 8.42 Å². The van der Waals surface area contributed by atoms with Crippen LogP contribution in [0.5, 0.6) is 0 Å². The fourth-order valence-corrected chi connectivity index (χ4v) is 2.50. The second-order valence-electron chi connectivity index (χ2n) is 4.32. The first-order valence-electron chi connectivity index (χ1n) is 5.56. The standard InChI is InChI=1S/C12H20N2O2S/c1-10(9-13-2)11-5-7-12(8-6-11)17(15,16)14(3)4/h5-8,10,13H,9H2,1-4H3. The summed E-state index contributed by atoms with van der Waals surface area (Å²) in [4.78, 5) is 0.336. The third-order valence-electron chi connectivity index (χ3n) is 2.74. The number of hydrogen-bond donors (Lipinski definition) is 1. The smallest absolute Gasteiger partial charge is 0.242 e. The molecule has 0 heterocycles. The summed E-state index contributed by atoms with van der Waals surface area (Å²) in [5.41, 5.74) is 1.14. The predicted octanol–water partition coefficient (Wildman–Crippen LogP) is 1.26. The van der Waals surface area contributed by atoms with Crippen LogP contribution >= 0.6 is 0 Å². The van der Waals surface area contributed by atoms with Gasteiger partial charge in [0, 0.05) is 20.6 Å². The second kappa shape index (κ2) is 5.62. The lowest BCUT2D eigenvalue weighted by Crippen LogP contribution is -2.22. The molecule has 0 aliphatic rings. The third-order valence-corrected chi connectivity index (χ3v) is 4.57. The van der Waals surface area contributed by atoms with Gasteiger partial charge in [-0.05, 0) is 30.7 Å². The van der Waals surface area contributed by atoms with E-state index in [1.54, 1.807) is 12.1 Å². The third kappa shape index (κ3) is 3.28. The van der Waals surface area contributed by atoms with Crippen LogP contribution in [0.2, 0.25) is 0 Å². The molecule has 1 rings (SSSR count). The van der Waals surface area contributed by atoms with Gasteiger partial charge in [0.05, 0.1) is 4.90 Å². The first-order valence-corrected chi connectivity index (χ1v) is 7.00. The van der Waals surface area contributed by atoms with E-state index in [2.05, 4.69) is 12.2 Å². The van der Waals surface area contributed by atoms with Gasteiger partial charge >= 0.3 is 0 Å². The molecular formula is C12H20N2O2S. The normalized spacial score (nSPS) is 13.9. The molecule has 0 fully saturated rings. The van der Waals surface area contributed by atoms with Gasteiger partial charge in [-0.25, -0.2) is 12.7 Å². The van der Waals surface area contributed by atoms with Crippen molar-refractivity contribution in [2.45, 2.75) is 17.7 Å². The molecule has 17 heavy (non-hydrogen) atoms. The van der Waals surface area contributed by atoms with Crippen LogP contribution in [-0.2, 0) is 10.0 Å². The highest BCUT2D eigenvalue weighted by atomic mass is 32.2. The monoisotopic (exact) mass is 256 g/mol. The first-order chi connectivity index (χ1) is 7.89. The highest BCUT2D eigenvalue weighted by Gasteiger charge is 2.17. The van der Waals surface area contributed by atoms with Crippen LogP contribution in [0, 0.1) is 0 Å². The van der Waals surface area contributed by atoms with Crippen molar-refractivity contribution in [3.05, 3.63) is 29.8 Å². The number of hydrogen-bond acceptors (Lipinski definition) is 3. The number of benzene rings is 1. The van der Waals surface area contributed by atoms with Crippen LogP contribution in [0.15, 0.2) is 29.2 Å². The molecule has 0 bridgehead atoms. The summed E-state index contributed by atoms with van der Waals surface area (Å²) in [5, 5.41) is 3.10. The Kier molecular flexibility index (Phi) is 4.68. The van der Waals surface area contributed by atoms with E-state index >= 15 is 0 Å². The van der Waals surface area contributed by atoms with Crippen molar-refractivity contribution in [3.63, 3.8) is 0 Å². The molecule has 1 atom stereocenters. The number of rotatable bonds is 5. The zero-order chi connectivity index (χ0) is 13.1. The summed E-state index contributed by atoms with van der Waals surface area (Å²) in [6.07, 6.45) is 0. The van der Waals surface area contributed by atoms with Gasteiger partial charge in [0.2, 0.25) is 10.0 Å². The summed E-state index contributed by atoms with van der Waals surface area (Å²) in [7, 11) is 1.66. The first kappa shape index (κ1) is 14.2. The van der Waals surface area contributed by atoms with E-state index in [-0.39, 0.29) is 0 Å². The Hall–Kier alpha value is -0.910. The summed E-state index contributed by atoms with van der Waals surface area (Å²) in [6, 6.07) is 7.07. The SMILES string of the molecule is CNCC(C)c1ccc(S(=O)(=O)N(C)C)cc1. The Labute approximate surface area is 104 Å². The van der Waals surface area contributed by atoms with E-state index in [1.807, 2.05) is 19.2 Å². The molecule has 1 unspecified atom stereocenters. The molecule has 1 N–H and O–H groups in total. The van der Waals surface area contributed by atoms with Crippen molar-refractivity contribution in [2.24, 2.45) is 0 Å². The molecule has 0 radical (unpaired) electrons. The highest BCUT2D eigenvalue weighted by Crippen LogP contribution is 2.18. The number of likely N-dealkylation sites (N-methyl/N-ethyl adjacent to an activating group) is 1. The van der Waals surface area contributed by atoms with E-state index in [1.165, 1.54) is 18.4 Å². The molecule has 0 saturated heterocycles. The Morgan fingerprint density at radius 3 is 2.18 bits per heavy atom. The molecule has 0 amide bonds. The Balaban J connectivity index is 2.96. The molecule has 0 saturated carbocycles. The molecule has 0 aromatic heterocycles. The minimum atomic E-state index is -3.31. The molecule has 96 valence electrons. The maximum Gasteiger partial charge on any atom is 0.242 e. The Morgan fingerprint density at radius 2 is 1.76 bits per heavy atom.